The number of hydrogen-bond acceptors (Lipinski definition) is 5. The molecule has 0 fully saturated rings. The molecule has 0 aliphatic rings. The maximum absolute atomic E-state index is 4.67. The Labute approximate surface area is 129 Å². The molecule has 0 spiro atoms. The molecule has 1 aromatic heterocycles. The smallest absolute Gasteiger partial charge is 0.134 e. The van der Waals surface area contributed by atoms with Crippen LogP contribution in [0.5, 0.6) is 0 Å². The van der Waals surface area contributed by atoms with Crippen molar-refractivity contribution in [1.29, 1.82) is 0 Å². The fourth-order valence-electron chi connectivity index (χ4n) is 2.01. The summed E-state index contributed by atoms with van der Waals surface area (Å²) in [6, 6.07) is 0. The molecule has 0 aliphatic heterocycles. The number of nitrogens with zero attached hydrogens (tertiary/aromatic N) is 3. The van der Waals surface area contributed by atoms with Gasteiger partial charge in [0.2, 0.25) is 0 Å². The number of hydrogen-bond donors (Lipinski definition) is 2. The minimum Gasteiger partial charge on any atom is -0.370 e. The molecule has 120 valence electrons. The van der Waals surface area contributed by atoms with E-state index in [0.29, 0.717) is 0 Å². The lowest BCUT2D eigenvalue weighted by molar-refractivity contribution is 0.367. The third-order valence-electron chi connectivity index (χ3n) is 3.53. The molecule has 2 N–H and O–H groups in total. The summed E-state index contributed by atoms with van der Waals surface area (Å²) in [5, 5.41) is 6.87. The fourth-order valence-corrected chi connectivity index (χ4v) is 2.01. The molecule has 0 unspecified atom stereocenters. The Hall–Kier alpha value is -1.36. The van der Waals surface area contributed by atoms with Crippen molar-refractivity contribution in [3.63, 3.8) is 0 Å². The average molecular weight is 293 g/mol. The normalized spacial score (nSPS) is 11.0. The van der Waals surface area contributed by atoms with Crippen LogP contribution in [0.2, 0.25) is 0 Å². The molecular formula is C16H31N5. The van der Waals surface area contributed by atoms with Crippen LogP contribution in [-0.2, 0) is 6.42 Å². The Morgan fingerprint density at radius 3 is 2.10 bits per heavy atom. The fraction of sp³-hybridized carbons (Fsp3) is 0.750. The van der Waals surface area contributed by atoms with Gasteiger partial charge in [0.15, 0.2) is 0 Å². The molecule has 21 heavy (non-hydrogen) atoms. The molecule has 0 amide bonds. The number of likely N-dealkylation sites (N-methyl/N-ethyl adjacent to an activating group) is 1. The van der Waals surface area contributed by atoms with E-state index in [2.05, 4.69) is 60.2 Å². The second kappa shape index (κ2) is 9.55. The van der Waals surface area contributed by atoms with Crippen LogP contribution in [0.3, 0.4) is 0 Å². The molecule has 0 saturated carbocycles. The van der Waals surface area contributed by atoms with Gasteiger partial charge < -0.3 is 15.5 Å². The zero-order valence-corrected chi connectivity index (χ0v) is 14.3. The van der Waals surface area contributed by atoms with E-state index in [4.69, 9.17) is 0 Å². The van der Waals surface area contributed by atoms with E-state index in [1.807, 2.05) is 0 Å². The van der Waals surface area contributed by atoms with E-state index in [0.717, 1.165) is 68.5 Å². The van der Waals surface area contributed by atoms with Gasteiger partial charge >= 0.3 is 0 Å². The first-order valence-electron chi connectivity index (χ1n) is 8.16. The monoisotopic (exact) mass is 293 g/mol. The van der Waals surface area contributed by atoms with Gasteiger partial charge in [-0.3, -0.25) is 0 Å². The quantitative estimate of drug-likeness (QED) is 0.694. The second-order valence-electron chi connectivity index (χ2n) is 5.46. The van der Waals surface area contributed by atoms with Crippen LogP contribution in [0.4, 0.5) is 11.6 Å². The van der Waals surface area contributed by atoms with Gasteiger partial charge in [0.25, 0.3) is 0 Å². The number of anilines is 2. The minimum absolute atomic E-state index is 0.904. The molecule has 1 aromatic rings. The van der Waals surface area contributed by atoms with Gasteiger partial charge in [0.1, 0.15) is 17.5 Å². The molecule has 5 nitrogen and oxygen atoms in total. The van der Waals surface area contributed by atoms with Crippen molar-refractivity contribution >= 4 is 11.6 Å². The third kappa shape index (κ3) is 5.87. The molecule has 0 radical (unpaired) electrons. The van der Waals surface area contributed by atoms with Crippen LogP contribution in [-0.4, -0.2) is 48.1 Å². The number of rotatable bonds is 10. The zero-order chi connectivity index (χ0) is 15.7. The molecule has 0 aromatic carbocycles. The lowest BCUT2D eigenvalue weighted by atomic mass is 10.2. The van der Waals surface area contributed by atoms with E-state index in [-0.39, 0.29) is 0 Å². The molecule has 0 bridgehead atoms. The van der Waals surface area contributed by atoms with Crippen molar-refractivity contribution in [3.05, 3.63) is 11.4 Å². The zero-order valence-electron chi connectivity index (χ0n) is 14.3. The van der Waals surface area contributed by atoms with Crippen LogP contribution in [0.25, 0.3) is 0 Å². The van der Waals surface area contributed by atoms with E-state index in [1.54, 1.807) is 0 Å². The SMILES string of the molecule is CCCNc1nc(CCC)nc(NCCN(C)CC)c1C. The highest BCUT2D eigenvalue weighted by Crippen LogP contribution is 2.20. The van der Waals surface area contributed by atoms with Gasteiger partial charge in [0, 0.05) is 31.6 Å². The van der Waals surface area contributed by atoms with E-state index < -0.39 is 0 Å². The van der Waals surface area contributed by atoms with Crippen molar-refractivity contribution in [1.82, 2.24) is 14.9 Å². The molecule has 0 atom stereocenters. The predicted molar refractivity (Wildman–Crippen MR) is 91.2 cm³/mol. The summed E-state index contributed by atoms with van der Waals surface area (Å²) >= 11 is 0. The van der Waals surface area contributed by atoms with Gasteiger partial charge in [-0.2, -0.15) is 0 Å². The summed E-state index contributed by atoms with van der Waals surface area (Å²) in [4.78, 5) is 11.6. The predicted octanol–water partition coefficient (Wildman–Crippen LogP) is 2.92. The first-order chi connectivity index (χ1) is 10.1. The Balaban J connectivity index is 2.81. The molecule has 5 heteroatoms. The van der Waals surface area contributed by atoms with Crippen molar-refractivity contribution in [3.8, 4) is 0 Å². The summed E-state index contributed by atoms with van der Waals surface area (Å²) in [5.41, 5.74) is 1.11. The van der Waals surface area contributed by atoms with E-state index in [9.17, 15) is 0 Å². The Morgan fingerprint density at radius 1 is 0.952 bits per heavy atom. The number of nitrogens with one attached hydrogen (secondary N) is 2. The van der Waals surface area contributed by atoms with Crippen LogP contribution >= 0.6 is 0 Å². The van der Waals surface area contributed by atoms with Crippen molar-refractivity contribution < 1.29 is 0 Å². The first-order valence-corrected chi connectivity index (χ1v) is 8.16. The van der Waals surface area contributed by atoms with Crippen LogP contribution in [0.1, 0.15) is 45.0 Å². The highest BCUT2D eigenvalue weighted by molar-refractivity contribution is 5.57. The van der Waals surface area contributed by atoms with Gasteiger partial charge in [-0.25, -0.2) is 9.97 Å². The van der Waals surface area contributed by atoms with Crippen LogP contribution in [0.15, 0.2) is 0 Å². The summed E-state index contributed by atoms with van der Waals surface area (Å²) in [7, 11) is 2.13. The highest BCUT2D eigenvalue weighted by Gasteiger charge is 2.10. The minimum atomic E-state index is 0.904. The maximum atomic E-state index is 4.67. The Bertz CT molecular complexity index is 419. The summed E-state index contributed by atoms with van der Waals surface area (Å²) < 4.78 is 0. The van der Waals surface area contributed by atoms with E-state index >= 15 is 0 Å². The van der Waals surface area contributed by atoms with Crippen LogP contribution in [0, 0.1) is 6.92 Å². The van der Waals surface area contributed by atoms with Gasteiger partial charge in [-0.05, 0) is 33.4 Å². The highest BCUT2D eigenvalue weighted by atomic mass is 15.1. The molecule has 1 rings (SSSR count). The van der Waals surface area contributed by atoms with Gasteiger partial charge in [-0.1, -0.05) is 20.8 Å². The molecular weight excluding hydrogens is 262 g/mol. The largest absolute Gasteiger partial charge is 0.370 e. The number of aromatic nitrogens is 2. The maximum Gasteiger partial charge on any atom is 0.134 e. The number of aryl methyl sites for hydroxylation is 1. The molecule has 0 aliphatic carbocycles. The first kappa shape index (κ1) is 17.7. The lowest BCUT2D eigenvalue weighted by Gasteiger charge is -2.17. The van der Waals surface area contributed by atoms with Crippen molar-refractivity contribution in [2.75, 3.05) is 43.9 Å². The average Bonchev–Trinajstić information content (AvgIpc) is 2.48. The summed E-state index contributed by atoms with van der Waals surface area (Å²) in [5.74, 6) is 2.87. The third-order valence-corrected chi connectivity index (χ3v) is 3.53. The Morgan fingerprint density at radius 2 is 1.57 bits per heavy atom. The lowest BCUT2D eigenvalue weighted by Crippen LogP contribution is -2.25. The van der Waals surface area contributed by atoms with Gasteiger partial charge in [-0.15, -0.1) is 0 Å². The van der Waals surface area contributed by atoms with Crippen molar-refractivity contribution in [2.45, 2.75) is 47.0 Å². The Kier molecular flexibility index (Phi) is 8.05. The standard InChI is InChI=1S/C16H31N5/c1-6-9-14-19-15(17-10-7-2)13(4)16(20-14)18-11-12-21(5)8-3/h6-12H2,1-5H3,(H2,17,18,19,20). The molecule has 1 heterocycles. The van der Waals surface area contributed by atoms with Crippen molar-refractivity contribution in [2.24, 2.45) is 0 Å². The molecule has 0 saturated heterocycles. The van der Waals surface area contributed by atoms with Gasteiger partial charge in [0.05, 0.1) is 0 Å². The van der Waals surface area contributed by atoms with E-state index in [1.165, 1.54) is 0 Å². The second-order valence-corrected chi connectivity index (χ2v) is 5.46. The summed E-state index contributed by atoms with van der Waals surface area (Å²) in [6.07, 6.45) is 3.08. The topological polar surface area (TPSA) is 53.1 Å². The van der Waals surface area contributed by atoms with Crippen LogP contribution < -0.4 is 10.6 Å². The summed E-state index contributed by atoms with van der Waals surface area (Å²) in [6.45, 7) is 12.5.